The molecule has 0 spiro atoms. The summed E-state index contributed by atoms with van der Waals surface area (Å²) in [5.41, 5.74) is 3.23. The molecule has 2 aromatic rings. The van der Waals surface area contributed by atoms with E-state index in [0.29, 0.717) is 5.56 Å². The minimum absolute atomic E-state index is 0.0921. The number of nitrogens with zero attached hydrogens (tertiary/aromatic N) is 1. The van der Waals surface area contributed by atoms with Crippen molar-refractivity contribution in [2.45, 2.75) is 20.3 Å². The fourth-order valence-corrected chi connectivity index (χ4v) is 2.17. The highest BCUT2D eigenvalue weighted by Gasteiger charge is 2.08. The maximum absolute atomic E-state index is 12.0. The molecular weight excluding hydrogens is 242 g/mol. The lowest BCUT2D eigenvalue weighted by atomic mass is 10.1. The standard InChI is InChI=1S/C15H15NO3/c1-10-4-3-5-11(2)15(10)16-9-12(8-14(18)19)6-7-13(16)17/h3-7,9H,8H2,1-2H3,(H,18,19). The number of benzene rings is 1. The minimum Gasteiger partial charge on any atom is -0.481 e. The molecular formula is C15H15NO3. The van der Waals surface area contributed by atoms with E-state index in [1.165, 1.54) is 10.6 Å². The van der Waals surface area contributed by atoms with Gasteiger partial charge in [-0.25, -0.2) is 0 Å². The summed E-state index contributed by atoms with van der Waals surface area (Å²) >= 11 is 0. The second-order valence-electron chi connectivity index (χ2n) is 4.56. The number of aromatic nitrogens is 1. The Morgan fingerprint density at radius 3 is 2.37 bits per heavy atom. The van der Waals surface area contributed by atoms with E-state index in [1.807, 2.05) is 32.0 Å². The first kappa shape index (κ1) is 13.1. The van der Waals surface area contributed by atoms with Crippen molar-refractivity contribution in [3.63, 3.8) is 0 Å². The summed E-state index contributed by atoms with van der Waals surface area (Å²) in [6, 6.07) is 8.75. The number of hydrogen-bond acceptors (Lipinski definition) is 2. The largest absolute Gasteiger partial charge is 0.481 e. The molecule has 0 saturated heterocycles. The lowest BCUT2D eigenvalue weighted by Gasteiger charge is -2.13. The van der Waals surface area contributed by atoms with Crippen LogP contribution >= 0.6 is 0 Å². The molecule has 4 nitrogen and oxygen atoms in total. The summed E-state index contributed by atoms with van der Waals surface area (Å²) in [6.07, 6.45) is 1.51. The van der Waals surface area contributed by atoms with Gasteiger partial charge in [0, 0.05) is 12.3 Å². The predicted molar refractivity (Wildman–Crippen MR) is 72.9 cm³/mol. The Labute approximate surface area is 110 Å². The molecule has 0 amide bonds. The quantitative estimate of drug-likeness (QED) is 0.915. The zero-order valence-electron chi connectivity index (χ0n) is 10.9. The van der Waals surface area contributed by atoms with Crippen LogP contribution in [-0.2, 0) is 11.2 Å². The second-order valence-corrected chi connectivity index (χ2v) is 4.56. The van der Waals surface area contributed by atoms with E-state index >= 15 is 0 Å². The molecule has 1 aromatic heterocycles. The second kappa shape index (κ2) is 5.10. The summed E-state index contributed by atoms with van der Waals surface area (Å²) in [5, 5.41) is 8.82. The first-order valence-corrected chi connectivity index (χ1v) is 5.99. The summed E-state index contributed by atoms with van der Waals surface area (Å²) in [4.78, 5) is 22.7. The zero-order valence-corrected chi connectivity index (χ0v) is 10.9. The van der Waals surface area contributed by atoms with Crippen molar-refractivity contribution in [2.24, 2.45) is 0 Å². The Kier molecular flexibility index (Phi) is 3.51. The van der Waals surface area contributed by atoms with E-state index in [-0.39, 0.29) is 12.0 Å². The van der Waals surface area contributed by atoms with Crippen LogP contribution < -0.4 is 5.56 Å². The molecule has 0 aliphatic carbocycles. The topological polar surface area (TPSA) is 59.3 Å². The highest BCUT2D eigenvalue weighted by molar-refractivity contribution is 5.70. The smallest absolute Gasteiger partial charge is 0.307 e. The number of carbonyl (C=O) groups is 1. The summed E-state index contributed by atoms with van der Waals surface area (Å²) in [7, 11) is 0. The first-order chi connectivity index (χ1) is 8.99. The third-order valence-corrected chi connectivity index (χ3v) is 3.01. The minimum atomic E-state index is -0.910. The van der Waals surface area contributed by atoms with Crippen molar-refractivity contribution in [1.29, 1.82) is 0 Å². The van der Waals surface area contributed by atoms with Crippen LogP contribution in [0.4, 0.5) is 0 Å². The highest BCUT2D eigenvalue weighted by Crippen LogP contribution is 2.17. The van der Waals surface area contributed by atoms with Crippen molar-refractivity contribution in [1.82, 2.24) is 4.57 Å². The van der Waals surface area contributed by atoms with Crippen LogP contribution in [0.15, 0.2) is 41.3 Å². The van der Waals surface area contributed by atoms with Crippen LogP contribution in [0, 0.1) is 13.8 Å². The number of pyridine rings is 1. The van der Waals surface area contributed by atoms with E-state index < -0.39 is 5.97 Å². The van der Waals surface area contributed by atoms with Gasteiger partial charge in [0.25, 0.3) is 5.56 Å². The number of aliphatic carboxylic acids is 1. The molecule has 1 heterocycles. The maximum Gasteiger partial charge on any atom is 0.307 e. The number of carboxylic acid groups (broad SMARTS) is 1. The third kappa shape index (κ3) is 2.73. The molecule has 98 valence electrons. The van der Waals surface area contributed by atoms with Gasteiger partial charge < -0.3 is 5.11 Å². The molecule has 0 atom stereocenters. The normalized spacial score (nSPS) is 10.4. The van der Waals surface area contributed by atoms with Gasteiger partial charge >= 0.3 is 5.97 Å². The first-order valence-electron chi connectivity index (χ1n) is 5.99. The molecule has 0 radical (unpaired) electrons. The van der Waals surface area contributed by atoms with Gasteiger partial charge in [0.2, 0.25) is 0 Å². The fraction of sp³-hybridized carbons (Fsp3) is 0.200. The molecule has 0 bridgehead atoms. The molecule has 0 fully saturated rings. The molecule has 0 saturated carbocycles. The Balaban J connectivity index is 2.61. The molecule has 1 aromatic carbocycles. The Morgan fingerprint density at radius 2 is 1.79 bits per heavy atom. The molecule has 1 N–H and O–H groups in total. The average Bonchev–Trinajstić information content (AvgIpc) is 2.32. The lowest BCUT2D eigenvalue weighted by molar-refractivity contribution is -0.136. The van der Waals surface area contributed by atoms with Crippen LogP contribution in [0.25, 0.3) is 5.69 Å². The Hall–Kier alpha value is -2.36. The van der Waals surface area contributed by atoms with Crippen LogP contribution in [-0.4, -0.2) is 15.6 Å². The van der Waals surface area contributed by atoms with E-state index in [9.17, 15) is 9.59 Å². The number of aryl methyl sites for hydroxylation is 2. The van der Waals surface area contributed by atoms with Crippen LogP contribution in [0.1, 0.15) is 16.7 Å². The molecule has 19 heavy (non-hydrogen) atoms. The highest BCUT2D eigenvalue weighted by atomic mass is 16.4. The van der Waals surface area contributed by atoms with Crippen molar-refractivity contribution in [3.8, 4) is 5.69 Å². The SMILES string of the molecule is Cc1cccc(C)c1-n1cc(CC(=O)O)ccc1=O. The van der Waals surface area contributed by atoms with Gasteiger partial charge in [0.15, 0.2) is 0 Å². The van der Waals surface area contributed by atoms with E-state index in [4.69, 9.17) is 5.11 Å². The van der Waals surface area contributed by atoms with Gasteiger partial charge in [-0.2, -0.15) is 0 Å². The monoisotopic (exact) mass is 257 g/mol. The maximum atomic E-state index is 12.0. The number of hydrogen-bond donors (Lipinski definition) is 1. The zero-order chi connectivity index (χ0) is 14.0. The molecule has 0 unspecified atom stereocenters. The summed E-state index contributed by atoms with van der Waals surface area (Å²) in [5.74, 6) is -0.910. The van der Waals surface area contributed by atoms with Crippen LogP contribution in [0.5, 0.6) is 0 Å². The van der Waals surface area contributed by atoms with Crippen LogP contribution in [0.2, 0.25) is 0 Å². The molecule has 0 aliphatic heterocycles. The van der Waals surface area contributed by atoms with Gasteiger partial charge in [-0.15, -0.1) is 0 Å². The van der Waals surface area contributed by atoms with E-state index in [2.05, 4.69) is 0 Å². The third-order valence-electron chi connectivity index (χ3n) is 3.01. The van der Waals surface area contributed by atoms with E-state index in [1.54, 1.807) is 12.3 Å². The summed E-state index contributed by atoms with van der Waals surface area (Å²) in [6.45, 7) is 3.86. The summed E-state index contributed by atoms with van der Waals surface area (Å²) < 4.78 is 1.52. The van der Waals surface area contributed by atoms with Gasteiger partial charge in [0.05, 0.1) is 12.1 Å². The fourth-order valence-electron chi connectivity index (χ4n) is 2.17. The van der Waals surface area contributed by atoms with Crippen molar-refractivity contribution < 1.29 is 9.90 Å². The van der Waals surface area contributed by atoms with Gasteiger partial charge in [0.1, 0.15) is 0 Å². The van der Waals surface area contributed by atoms with Gasteiger partial charge in [-0.3, -0.25) is 14.2 Å². The van der Waals surface area contributed by atoms with Crippen molar-refractivity contribution >= 4 is 5.97 Å². The molecule has 0 aliphatic rings. The molecule has 4 heteroatoms. The average molecular weight is 257 g/mol. The number of para-hydroxylation sites is 1. The van der Waals surface area contributed by atoms with Gasteiger partial charge in [-0.05, 0) is 30.5 Å². The van der Waals surface area contributed by atoms with Crippen molar-refractivity contribution in [2.75, 3.05) is 0 Å². The van der Waals surface area contributed by atoms with Gasteiger partial charge in [-0.1, -0.05) is 24.3 Å². The molecule has 2 rings (SSSR count). The number of rotatable bonds is 3. The predicted octanol–water partition coefficient (Wildman–Crippen LogP) is 2.08. The number of carboxylic acids is 1. The van der Waals surface area contributed by atoms with Crippen LogP contribution in [0.3, 0.4) is 0 Å². The Morgan fingerprint density at radius 1 is 1.16 bits per heavy atom. The Bertz CT molecular complexity index is 666. The lowest BCUT2D eigenvalue weighted by Crippen LogP contribution is -2.19. The van der Waals surface area contributed by atoms with E-state index in [0.717, 1.165) is 16.8 Å². The van der Waals surface area contributed by atoms with Crippen molar-refractivity contribution in [3.05, 3.63) is 63.6 Å².